The third-order valence-electron chi connectivity index (χ3n) is 3.31. The number of benzene rings is 1. The zero-order valence-corrected chi connectivity index (χ0v) is 11.5. The van der Waals surface area contributed by atoms with Crippen LogP contribution >= 0.6 is 15.9 Å². The van der Waals surface area contributed by atoms with Crippen LogP contribution in [0.3, 0.4) is 0 Å². The Bertz CT molecular complexity index is 427. The molecule has 1 amide bonds. The molecule has 0 heterocycles. The minimum atomic E-state index is -0.721. The molecule has 1 aromatic carbocycles. The number of nitrogens with two attached hydrogens (primary N) is 1. The summed E-state index contributed by atoms with van der Waals surface area (Å²) in [6, 6.07) is 7.85. The topological polar surface area (TPSA) is 55.1 Å². The van der Waals surface area contributed by atoms with Crippen LogP contribution in [0.5, 0.6) is 0 Å². The van der Waals surface area contributed by atoms with Gasteiger partial charge < -0.3 is 11.1 Å². The van der Waals surface area contributed by atoms with Gasteiger partial charge in [0.2, 0.25) is 5.91 Å². The second-order valence-electron chi connectivity index (χ2n) is 4.83. The Morgan fingerprint density at radius 2 is 2.18 bits per heavy atom. The summed E-state index contributed by atoms with van der Waals surface area (Å²) < 4.78 is 1.01. The van der Waals surface area contributed by atoms with Gasteiger partial charge >= 0.3 is 0 Å². The summed E-state index contributed by atoms with van der Waals surface area (Å²) >= 11 is 3.46. The fraction of sp³-hybridized carbons (Fsp3) is 0.462. The standard InChI is InChI=1S/C13H17BrN2O/c1-13(15,10-6-7-10)12(17)16-8-9-4-2-3-5-11(9)14/h2-5,10H,6-8,15H2,1H3,(H,16,17). The molecular weight excluding hydrogens is 280 g/mol. The van der Waals surface area contributed by atoms with E-state index in [0.29, 0.717) is 12.5 Å². The lowest BCUT2D eigenvalue weighted by Crippen LogP contribution is -2.53. The molecule has 1 saturated carbocycles. The van der Waals surface area contributed by atoms with Crippen LogP contribution in [0.25, 0.3) is 0 Å². The highest BCUT2D eigenvalue weighted by Crippen LogP contribution is 2.38. The highest BCUT2D eigenvalue weighted by molar-refractivity contribution is 9.10. The number of amides is 1. The summed E-state index contributed by atoms with van der Waals surface area (Å²) in [5.74, 6) is 0.289. The number of nitrogens with one attached hydrogen (secondary N) is 1. The fourth-order valence-electron chi connectivity index (χ4n) is 1.88. The van der Waals surface area contributed by atoms with Crippen molar-refractivity contribution < 1.29 is 4.79 Å². The molecule has 1 unspecified atom stereocenters. The molecule has 0 saturated heterocycles. The van der Waals surface area contributed by atoms with Crippen LogP contribution in [-0.2, 0) is 11.3 Å². The van der Waals surface area contributed by atoms with Crippen LogP contribution in [0.1, 0.15) is 25.3 Å². The molecule has 0 bridgehead atoms. The molecule has 3 N–H and O–H groups in total. The molecule has 0 radical (unpaired) electrons. The maximum absolute atomic E-state index is 12.0. The van der Waals surface area contributed by atoms with Gasteiger partial charge in [-0.2, -0.15) is 0 Å². The number of hydrogen-bond acceptors (Lipinski definition) is 2. The fourth-order valence-corrected chi connectivity index (χ4v) is 2.30. The van der Waals surface area contributed by atoms with Crippen molar-refractivity contribution in [2.75, 3.05) is 0 Å². The van der Waals surface area contributed by atoms with Crippen molar-refractivity contribution in [3.8, 4) is 0 Å². The van der Waals surface area contributed by atoms with E-state index in [0.717, 1.165) is 22.9 Å². The SMILES string of the molecule is CC(N)(C(=O)NCc1ccccc1Br)C1CC1. The Balaban J connectivity index is 1.94. The Labute approximate surface area is 110 Å². The van der Waals surface area contributed by atoms with Crippen LogP contribution in [0.15, 0.2) is 28.7 Å². The Hall–Kier alpha value is -0.870. The predicted octanol–water partition coefficient (Wildman–Crippen LogP) is 2.19. The minimum absolute atomic E-state index is 0.0595. The maximum Gasteiger partial charge on any atom is 0.240 e. The van der Waals surface area contributed by atoms with Crippen LogP contribution in [-0.4, -0.2) is 11.4 Å². The van der Waals surface area contributed by atoms with Crippen LogP contribution in [0.2, 0.25) is 0 Å². The average molecular weight is 297 g/mol. The van der Waals surface area contributed by atoms with E-state index in [4.69, 9.17) is 5.73 Å². The molecule has 1 fully saturated rings. The van der Waals surface area contributed by atoms with Crippen molar-refractivity contribution in [2.24, 2.45) is 11.7 Å². The summed E-state index contributed by atoms with van der Waals surface area (Å²) in [6.07, 6.45) is 2.13. The van der Waals surface area contributed by atoms with E-state index in [1.165, 1.54) is 0 Å². The second-order valence-corrected chi connectivity index (χ2v) is 5.69. The molecule has 1 atom stereocenters. The first-order chi connectivity index (χ1) is 8.01. The maximum atomic E-state index is 12.0. The van der Waals surface area contributed by atoms with E-state index in [1.54, 1.807) is 0 Å². The van der Waals surface area contributed by atoms with Crippen LogP contribution in [0.4, 0.5) is 0 Å². The Morgan fingerprint density at radius 3 is 2.76 bits per heavy atom. The van der Waals surface area contributed by atoms with Gasteiger partial charge in [-0.1, -0.05) is 34.1 Å². The van der Waals surface area contributed by atoms with Gasteiger partial charge in [0.1, 0.15) is 0 Å². The summed E-state index contributed by atoms with van der Waals surface area (Å²) in [6.45, 7) is 2.33. The molecule has 0 aliphatic heterocycles. The first kappa shape index (κ1) is 12.6. The molecule has 1 aliphatic rings. The molecule has 0 aromatic heterocycles. The molecule has 92 valence electrons. The molecule has 1 aromatic rings. The van der Waals surface area contributed by atoms with Crippen molar-refractivity contribution in [3.05, 3.63) is 34.3 Å². The first-order valence-electron chi connectivity index (χ1n) is 5.82. The van der Waals surface area contributed by atoms with Gasteiger partial charge in [0.15, 0.2) is 0 Å². The van der Waals surface area contributed by atoms with Gasteiger partial charge in [-0.05, 0) is 37.3 Å². The van der Waals surface area contributed by atoms with Crippen molar-refractivity contribution >= 4 is 21.8 Å². The third kappa shape index (κ3) is 2.87. The lowest BCUT2D eigenvalue weighted by molar-refractivity contribution is -0.126. The van der Waals surface area contributed by atoms with Gasteiger partial charge in [-0.15, -0.1) is 0 Å². The summed E-state index contributed by atoms with van der Waals surface area (Å²) in [5, 5.41) is 2.91. The molecule has 4 heteroatoms. The Kier molecular flexibility index (Phi) is 3.54. The quantitative estimate of drug-likeness (QED) is 0.895. The molecule has 17 heavy (non-hydrogen) atoms. The highest BCUT2D eigenvalue weighted by atomic mass is 79.9. The van der Waals surface area contributed by atoms with Gasteiger partial charge in [0.25, 0.3) is 0 Å². The minimum Gasteiger partial charge on any atom is -0.350 e. The summed E-state index contributed by atoms with van der Waals surface area (Å²) in [5.41, 5.74) is 6.39. The Morgan fingerprint density at radius 1 is 1.53 bits per heavy atom. The first-order valence-corrected chi connectivity index (χ1v) is 6.61. The van der Waals surface area contributed by atoms with Gasteiger partial charge in [0.05, 0.1) is 5.54 Å². The normalized spacial score (nSPS) is 18.5. The summed E-state index contributed by atoms with van der Waals surface area (Å²) in [4.78, 5) is 12.0. The van der Waals surface area contributed by atoms with Gasteiger partial charge in [0, 0.05) is 11.0 Å². The van der Waals surface area contributed by atoms with E-state index >= 15 is 0 Å². The number of halogens is 1. The van der Waals surface area contributed by atoms with E-state index in [1.807, 2.05) is 31.2 Å². The smallest absolute Gasteiger partial charge is 0.240 e. The van der Waals surface area contributed by atoms with Gasteiger partial charge in [-0.25, -0.2) is 0 Å². The zero-order chi connectivity index (χ0) is 12.5. The van der Waals surface area contributed by atoms with E-state index in [2.05, 4.69) is 21.2 Å². The number of hydrogen-bond donors (Lipinski definition) is 2. The summed E-state index contributed by atoms with van der Waals surface area (Å²) in [7, 11) is 0. The molecule has 2 rings (SSSR count). The monoisotopic (exact) mass is 296 g/mol. The van der Waals surface area contributed by atoms with E-state index < -0.39 is 5.54 Å². The largest absolute Gasteiger partial charge is 0.350 e. The van der Waals surface area contributed by atoms with Crippen molar-refractivity contribution in [3.63, 3.8) is 0 Å². The second kappa shape index (κ2) is 4.78. The van der Waals surface area contributed by atoms with Gasteiger partial charge in [-0.3, -0.25) is 4.79 Å². The predicted molar refractivity (Wildman–Crippen MR) is 71.3 cm³/mol. The van der Waals surface area contributed by atoms with Crippen LogP contribution < -0.4 is 11.1 Å². The lowest BCUT2D eigenvalue weighted by Gasteiger charge is -2.23. The average Bonchev–Trinajstić information content (AvgIpc) is 3.11. The number of carbonyl (C=O) groups excluding carboxylic acids is 1. The van der Waals surface area contributed by atoms with E-state index in [-0.39, 0.29) is 5.91 Å². The lowest BCUT2D eigenvalue weighted by atomic mass is 9.96. The number of rotatable bonds is 4. The van der Waals surface area contributed by atoms with Crippen molar-refractivity contribution in [1.82, 2.24) is 5.32 Å². The molecular formula is C13H17BrN2O. The molecule has 0 spiro atoms. The molecule has 1 aliphatic carbocycles. The zero-order valence-electron chi connectivity index (χ0n) is 9.87. The van der Waals surface area contributed by atoms with E-state index in [9.17, 15) is 4.79 Å². The van der Waals surface area contributed by atoms with Crippen molar-refractivity contribution in [1.29, 1.82) is 0 Å². The third-order valence-corrected chi connectivity index (χ3v) is 4.09. The highest BCUT2D eigenvalue weighted by Gasteiger charge is 2.43. The van der Waals surface area contributed by atoms with Crippen molar-refractivity contribution in [2.45, 2.75) is 31.8 Å². The number of carbonyl (C=O) groups is 1. The van der Waals surface area contributed by atoms with Crippen LogP contribution in [0, 0.1) is 5.92 Å². The molecule has 3 nitrogen and oxygen atoms in total.